The quantitative estimate of drug-likeness (QED) is 0.780. The third-order valence-corrected chi connectivity index (χ3v) is 3.55. The van der Waals surface area contributed by atoms with Gasteiger partial charge in [-0.2, -0.15) is 0 Å². The molecule has 0 amide bonds. The van der Waals surface area contributed by atoms with Gasteiger partial charge in [0.15, 0.2) is 0 Å². The van der Waals surface area contributed by atoms with Gasteiger partial charge in [-0.15, -0.1) is 0 Å². The van der Waals surface area contributed by atoms with E-state index in [1.54, 1.807) is 0 Å². The third kappa shape index (κ3) is 2.91. The van der Waals surface area contributed by atoms with Gasteiger partial charge in [0.1, 0.15) is 5.82 Å². The number of carbonyl (C=O) groups is 1. The molecule has 1 aromatic rings. The first-order valence-corrected chi connectivity index (χ1v) is 6.26. The van der Waals surface area contributed by atoms with Gasteiger partial charge >= 0.3 is 5.97 Å². The average Bonchev–Trinajstić information content (AvgIpc) is 2.73. The molecule has 1 saturated carbocycles. The number of rotatable bonds is 4. The zero-order chi connectivity index (χ0) is 13.1. The molecule has 1 aliphatic carbocycles. The van der Waals surface area contributed by atoms with E-state index in [-0.39, 0.29) is 22.6 Å². The van der Waals surface area contributed by atoms with Gasteiger partial charge in [0.2, 0.25) is 0 Å². The summed E-state index contributed by atoms with van der Waals surface area (Å²) in [6.45, 7) is 0.592. The van der Waals surface area contributed by atoms with E-state index < -0.39 is 5.97 Å². The molecular weight excluding hydrogens is 256 g/mol. The van der Waals surface area contributed by atoms with Crippen molar-refractivity contribution in [1.29, 1.82) is 0 Å². The summed E-state index contributed by atoms with van der Waals surface area (Å²) in [5.41, 5.74) is 0.0288. The molecule has 1 fully saturated rings. The first-order valence-electron chi connectivity index (χ1n) is 5.88. The van der Waals surface area contributed by atoms with Crippen molar-refractivity contribution in [3.63, 3.8) is 0 Å². The minimum absolute atomic E-state index is 0.0288. The number of aliphatic hydroxyl groups is 1. The summed E-state index contributed by atoms with van der Waals surface area (Å²) >= 11 is 5.73. The van der Waals surface area contributed by atoms with Crippen LogP contribution in [0.2, 0.25) is 5.02 Å². The molecule has 0 saturated heterocycles. The Morgan fingerprint density at radius 1 is 1.56 bits per heavy atom. The molecule has 5 nitrogen and oxygen atoms in total. The summed E-state index contributed by atoms with van der Waals surface area (Å²) in [5.74, 6) is -0.405. The van der Waals surface area contributed by atoms with Crippen LogP contribution in [0.3, 0.4) is 0 Å². The first kappa shape index (κ1) is 13.1. The van der Waals surface area contributed by atoms with E-state index >= 15 is 0 Å². The normalized spacial score (nSPS) is 23.0. The van der Waals surface area contributed by atoms with E-state index in [1.807, 2.05) is 0 Å². The van der Waals surface area contributed by atoms with Gasteiger partial charge < -0.3 is 15.5 Å². The van der Waals surface area contributed by atoms with Crippen molar-refractivity contribution in [2.45, 2.75) is 25.4 Å². The molecule has 2 unspecified atom stereocenters. The highest BCUT2D eigenvalue weighted by atomic mass is 35.5. The Kier molecular flexibility index (Phi) is 4.04. The SMILES string of the molecule is O=C(O)c1cc(NCC2CCCC2O)ncc1Cl. The maximum Gasteiger partial charge on any atom is 0.337 e. The van der Waals surface area contributed by atoms with Gasteiger partial charge in [-0.05, 0) is 18.9 Å². The Morgan fingerprint density at radius 2 is 2.33 bits per heavy atom. The Labute approximate surface area is 110 Å². The molecule has 0 aromatic carbocycles. The molecule has 18 heavy (non-hydrogen) atoms. The summed E-state index contributed by atoms with van der Waals surface area (Å²) in [6.07, 6.45) is 3.89. The van der Waals surface area contributed by atoms with Gasteiger partial charge in [-0.25, -0.2) is 9.78 Å². The molecule has 0 bridgehead atoms. The first-order chi connectivity index (χ1) is 8.58. The van der Waals surface area contributed by atoms with E-state index in [0.717, 1.165) is 19.3 Å². The van der Waals surface area contributed by atoms with E-state index in [4.69, 9.17) is 16.7 Å². The standard InChI is InChI=1S/C12H15ClN2O3/c13-9-6-15-11(4-8(9)12(17)18)14-5-7-2-1-3-10(7)16/h4,6-7,10,16H,1-3,5H2,(H,14,15)(H,17,18). The zero-order valence-corrected chi connectivity index (χ0v) is 10.5. The van der Waals surface area contributed by atoms with E-state index in [2.05, 4.69) is 10.3 Å². The van der Waals surface area contributed by atoms with Crippen molar-refractivity contribution in [3.8, 4) is 0 Å². The molecular formula is C12H15ClN2O3. The Bertz CT molecular complexity index is 453. The maximum atomic E-state index is 10.9. The Hall–Kier alpha value is -1.33. The highest BCUT2D eigenvalue weighted by molar-refractivity contribution is 6.33. The van der Waals surface area contributed by atoms with E-state index in [0.29, 0.717) is 12.4 Å². The lowest BCUT2D eigenvalue weighted by molar-refractivity contribution is 0.0697. The predicted molar refractivity (Wildman–Crippen MR) is 68.0 cm³/mol. The molecule has 0 spiro atoms. The molecule has 2 rings (SSSR count). The Balaban J connectivity index is 2.01. The fourth-order valence-corrected chi connectivity index (χ4v) is 2.37. The minimum Gasteiger partial charge on any atom is -0.478 e. The van der Waals surface area contributed by atoms with Crippen molar-refractivity contribution in [2.75, 3.05) is 11.9 Å². The maximum absolute atomic E-state index is 10.9. The second-order valence-corrected chi connectivity index (χ2v) is 4.90. The van der Waals surface area contributed by atoms with Crippen LogP contribution in [0.4, 0.5) is 5.82 Å². The molecule has 6 heteroatoms. The van der Waals surface area contributed by atoms with Crippen LogP contribution in [0.1, 0.15) is 29.6 Å². The molecule has 3 N–H and O–H groups in total. The number of halogens is 1. The second-order valence-electron chi connectivity index (χ2n) is 4.49. The summed E-state index contributed by atoms with van der Waals surface area (Å²) in [4.78, 5) is 14.9. The summed E-state index contributed by atoms with van der Waals surface area (Å²) in [5, 5.41) is 21.8. The summed E-state index contributed by atoms with van der Waals surface area (Å²) in [6, 6.07) is 1.41. The number of nitrogens with one attached hydrogen (secondary N) is 1. The fraction of sp³-hybridized carbons (Fsp3) is 0.500. The van der Waals surface area contributed by atoms with Gasteiger partial charge in [-0.3, -0.25) is 0 Å². The highest BCUT2D eigenvalue weighted by Crippen LogP contribution is 2.26. The molecule has 0 aliphatic heterocycles. The Morgan fingerprint density at radius 3 is 2.94 bits per heavy atom. The van der Waals surface area contributed by atoms with Crippen LogP contribution in [-0.2, 0) is 0 Å². The number of pyridine rings is 1. The average molecular weight is 271 g/mol. The van der Waals surface area contributed by atoms with Crippen LogP contribution < -0.4 is 5.32 Å². The highest BCUT2D eigenvalue weighted by Gasteiger charge is 2.24. The summed E-state index contributed by atoms with van der Waals surface area (Å²) in [7, 11) is 0. The molecule has 1 aliphatic rings. The van der Waals surface area contributed by atoms with Crippen LogP contribution in [0.25, 0.3) is 0 Å². The van der Waals surface area contributed by atoms with Crippen molar-refractivity contribution in [3.05, 3.63) is 22.8 Å². The lowest BCUT2D eigenvalue weighted by Crippen LogP contribution is -2.22. The number of aromatic carboxylic acids is 1. The van der Waals surface area contributed by atoms with Gasteiger partial charge in [0, 0.05) is 18.7 Å². The van der Waals surface area contributed by atoms with Crippen molar-refractivity contribution < 1.29 is 15.0 Å². The van der Waals surface area contributed by atoms with Gasteiger partial charge in [0.05, 0.1) is 16.7 Å². The van der Waals surface area contributed by atoms with Crippen LogP contribution in [-0.4, -0.2) is 33.8 Å². The number of anilines is 1. The van der Waals surface area contributed by atoms with Crippen LogP contribution in [0.15, 0.2) is 12.3 Å². The monoisotopic (exact) mass is 270 g/mol. The lowest BCUT2D eigenvalue weighted by atomic mass is 10.1. The van der Waals surface area contributed by atoms with Crippen molar-refractivity contribution in [1.82, 2.24) is 4.98 Å². The number of hydrogen-bond donors (Lipinski definition) is 3. The van der Waals surface area contributed by atoms with Gasteiger partial charge in [-0.1, -0.05) is 18.0 Å². The summed E-state index contributed by atoms with van der Waals surface area (Å²) < 4.78 is 0. The lowest BCUT2D eigenvalue weighted by Gasteiger charge is -2.15. The molecule has 98 valence electrons. The predicted octanol–water partition coefficient (Wildman–Crippen LogP) is 2.01. The third-order valence-electron chi connectivity index (χ3n) is 3.25. The van der Waals surface area contributed by atoms with Crippen LogP contribution in [0.5, 0.6) is 0 Å². The number of hydrogen-bond acceptors (Lipinski definition) is 4. The smallest absolute Gasteiger partial charge is 0.337 e. The zero-order valence-electron chi connectivity index (χ0n) is 9.77. The molecule has 1 aromatic heterocycles. The van der Waals surface area contributed by atoms with E-state index in [9.17, 15) is 9.90 Å². The minimum atomic E-state index is -1.08. The fourth-order valence-electron chi connectivity index (χ4n) is 2.19. The molecule has 2 atom stereocenters. The van der Waals surface area contributed by atoms with E-state index in [1.165, 1.54) is 12.3 Å². The molecule has 0 radical (unpaired) electrons. The number of aliphatic hydroxyl groups excluding tert-OH is 1. The van der Waals surface area contributed by atoms with Gasteiger partial charge in [0.25, 0.3) is 0 Å². The topological polar surface area (TPSA) is 82.5 Å². The largest absolute Gasteiger partial charge is 0.478 e. The number of carboxylic acids is 1. The van der Waals surface area contributed by atoms with Crippen molar-refractivity contribution >= 4 is 23.4 Å². The number of carboxylic acid groups (broad SMARTS) is 1. The molecule has 1 heterocycles. The second kappa shape index (κ2) is 5.54. The number of nitrogens with zero attached hydrogens (tertiary/aromatic N) is 1. The number of aromatic nitrogens is 1. The van der Waals surface area contributed by atoms with Crippen LogP contribution in [0, 0.1) is 5.92 Å². The van der Waals surface area contributed by atoms with Crippen molar-refractivity contribution in [2.24, 2.45) is 5.92 Å². The van der Waals surface area contributed by atoms with Crippen LogP contribution >= 0.6 is 11.6 Å².